The smallest absolute Gasteiger partial charge is 0.220 e. The lowest BCUT2D eigenvalue weighted by Gasteiger charge is -2.35. The molecular formula is C9H15N5. The first kappa shape index (κ1) is 9.21. The Balaban J connectivity index is 2.16. The van der Waals surface area contributed by atoms with Crippen molar-refractivity contribution in [3.05, 3.63) is 12.4 Å². The quantitative estimate of drug-likeness (QED) is 0.649. The molecule has 1 aromatic heterocycles. The highest BCUT2D eigenvalue weighted by Crippen LogP contribution is 2.15. The van der Waals surface area contributed by atoms with Gasteiger partial charge in [0.2, 0.25) is 5.95 Å². The summed E-state index contributed by atoms with van der Waals surface area (Å²) < 4.78 is 0. The predicted octanol–water partition coefficient (Wildman–Crippen LogP) is -0.143. The molecule has 1 atom stereocenters. The molecule has 0 aromatic carbocycles. The number of aromatic nitrogens is 2. The van der Waals surface area contributed by atoms with Crippen molar-refractivity contribution in [2.45, 2.75) is 13.0 Å². The molecule has 1 aliphatic heterocycles. The molecule has 14 heavy (non-hydrogen) atoms. The lowest BCUT2D eigenvalue weighted by atomic mass is 10.2. The molecule has 76 valence electrons. The van der Waals surface area contributed by atoms with Crippen molar-refractivity contribution in [1.82, 2.24) is 15.3 Å². The van der Waals surface area contributed by atoms with Crippen molar-refractivity contribution in [1.29, 1.82) is 0 Å². The molecule has 5 nitrogen and oxygen atoms in total. The van der Waals surface area contributed by atoms with E-state index in [0.717, 1.165) is 25.3 Å². The summed E-state index contributed by atoms with van der Waals surface area (Å²) in [7, 11) is 0. The molecule has 1 fully saturated rings. The van der Waals surface area contributed by atoms with Crippen LogP contribution in [-0.4, -0.2) is 35.6 Å². The average Bonchev–Trinajstić information content (AvgIpc) is 2.20. The molecule has 2 rings (SSSR count). The zero-order valence-corrected chi connectivity index (χ0v) is 8.27. The summed E-state index contributed by atoms with van der Waals surface area (Å²) in [5.41, 5.74) is 6.49. The number of anilines is 2. The van der Waals surface area contributed by atoms with Crippen molar-refractivity contribution >= 4 is 11.6 Å². The van der Waals surface area contributed by atoms with Gasteiger partial charge in [0.05, 0.1) is 18.1 Å². The maximum atomic E-state index is 5.44. The molecule has 5 heteroatoms. The Labute approximate surface area is 83.3 Å². The van der Waals surface area contributed by atoms with Crippen LogP contribution in [0.1, 0.15) is 6.92 Å². The number of nitrogens with two attached hydrogens (primary N) is 1. The van der Waals surface area contributed by atoms with Crippen LogP contribution in [0.3, 0.4) is 0 Å². The van der Waals surface area contributed by atoms with Crippen LogP contribution in [-0.2, 0) is 0 Å². The van der Waals surface area contributed by atoms with E-state index in [1.54, 1.807) is 12.4 Å². The van der Waals surface area contributed by atoms with Gasteiger partial charge in [0.25, 0.3) is 0 Å². The van der Waals surface area contributed by atoms with E-state index in [1.807, 2.05) is 0 Å². The lowest BCUT2D eigenvalue weighted by Crippen LogP contribution is -2.50. The Morgan fingerprint density at radius 2 is 2.21 bits per heavy atom. The van der Waals surface area contributed by atoms with Gasteiger partial charge in [-0.3, -0.25) is 0 Å². The first-order chi connectivity index (χ1) is 6.77. The number of nitrogens with zero attached hydrogens (tertiary/aromatic N) is 3. The molecule has 0 spiro atoms. The highest BCUT2D eigenvalue weighted by atomic mass is 15.2. The third-order valence-corrected chi connectivity index (χ3v) is 2.49. The van der Waals surface area contributed by atoms with Crippen LogP contribution < -0.4 is 16.0 Å². The molecule has 1 aliphatic rings. The van der Waals surface area contributed by atoms with Gasteiger partial charge in [0, 0.05) is 25.7 Å². The first-order valence-electron chi connectivity index (χ1n) is 4.82. The van der Waals surface area contributed by atoms with E-state index in [9.17, 15) is 0 Å². The topological polar surface area (TPSA) is 67.1 Å². The fourth-order valence-corrected chi connectivity index (χ4v) is 1.70. The van der Waals surface area contributed by atoms with Crippen LogP contribution in [0.5, 0.6) is 0 Å². The molecule has 0 saturated carbocycles. The Kier molecular flexibility index (Phi) is 2.49. The van der Waals surface area contributed by atoms with Crippen LogP contribution >= 0.6 is 0 Å². The fourth-order valence-electron chi connectivity index (χ4n) is 1.70. The van der Waals surface area contributed by atoms with E-state index >= 15 is 0 Å². The molecular weight excluding hydrogens is 178 g/mol. The fraction of sp³-hybridized carbons (Fsp3) is 0.556. The third-order valence-electron chi connectivity index (χ3n) is 2.49. The highest BCUT2D eigenvalue weighted by Gasteiger charge is 2.18. The lowest BCUT2D eigenvalue weighted by molar-refractivity contribution is 0.500. The van der Waals surface area contributed by atoms with E-state index in [2.05, 4.69) is 27.1 Å². The van der Waals surface area contributed by atoms with Crippen molar-refractivity contribution in [2.75, 3.05) is 30.3 Å². The third kappa shape index (κ3) is 1.77. The monoisotopic (exact) mass is 193 g/mol. The van der Waals surface area contributed by atoms with Gasteiger partial charge >= 0.3 is 0 Å². The minimum Gasteiger partial charge on any atom is -0.368 e. The van der Waals surface area contributed by atoms with Gasteiger partial charge in [-0.15, -0.1) is 0 Å². The predicted molar refractivity (Wildman–Crippen MR) is 56.1 cm³/mol. The SMILES string of the molecule is C[C@H]1CNCCN1c1cnc(N)nc1. The average molecular weight is 193 g/mol. The van der Waals surface area contributed by atoms with Gasteiger partial charge in [-0.2, -0.15) is 0 Å². The molecule has 0 unspecified atom stereocenters. The van der Waals surface area contributed by atoms with Crippen molar-refractivity contribution < 1.29 is 0 Å². The Morgan fingerprint density at radius 3 is 2.86 bits per heavy atom. The summed E-state index contributed by atoms with van der Waals surface area (Å²) >= 11 is 0. The van der Waals surface area contributed by atoms with Crippen LogP contribution in [0.15, 0.2) is 12.4 Å². The summed E-state index contributed by atoms with van der Waals surface area (Å²) in [4.78, 5) is 10.3. The van der Waals surface area contributed by atoms with Gasteiger partial charge in [-0.05, 0) is 6.92 Å². The maximum absolute atomic E-state index is 5.44. The minimum atomic E-state index is 0.330. The van der Waals surface area contributed by atoms with E-state index in [-0.39, 0.29) is 0 Å². The second kappa shape index (κ2) is 3.79. The number of nitrogen functional groups attached to an aromatic ring is 1. The second-order valence-electron chi connectivity index (χ2n) is 3.55. The van der Waals surface area contributed by atoms with Crippen LogP contribution in [0.4, 0.5) is 11.6 Å². The number of rotatable bonds is 1. The van der Waals surface area contributed by atoms with Crippen LogP contribution in [0.25, 0.3) is 0 Å². The number of piperazine rings is 1. The van der Waals surface area contributed by atoms with Crippen molar-refractivity contribution in [3.8, 4) is 0 Å². The number of hydrogen-bond acceptors (Lipinski definition) is 5. The molecule has 1 saturated heterocycles. The normalized spacial score (nSPS) is 22.4. The van der Waals surface area contributed by atoms with Gasteiger partial charge in [-0.25, -0.2) is 9.97 Å². The summed E-state index contributed by atoms with van der Waals surface area (Å²) in [5, 5.41) is 3.34. The van der Waals surface area contributed by atoms with Crippen molar-refractivity contribution in [3.63, 3.8) is 0 Å². The van der Waals surface area contributed by atoms with E-state index in [0.29, 0.717) is 12.0 Å². The van der Waals surface area contributed by atoms with E-state index in [4.69, 9.17) is 5.73 Å². The Morgan fingerprint density at radius 1 is 1.50 bits per heavy atom. The first-order valence-corrected chi connectivity index (χ1v) is 4.82. The number of hydrogen-bond donors (Lipinski definition) is 2. The molecule has 0 bridgehead atoms. The number of nitrogens with one attached hydrogen (secondary N) is 1. The van der Waals surface area contributed by atoms with E-state index in [1.165, 1.54) is 0 Å². The van der Waals surface area contributed by atoms with E-state index < -0.39 is 0 Å². The molecule has 2 heterocycles. The molecule has 0 aliphatic carbocycles. The zero-order valence-electron chi connectivity index (χ0n) is 8.27. The molecule has 0 amide bonds. The van der Waals surface area contributed by atoms with Gasteiger partial charge < -0.3 is 16.0 Å². The van der Waals surface area contributed by atoms with Crippen LogP contribution in [0.2, 0.25) is 0 Å². The highest BCUT2D eigenvalue weighted by molar-refractivity contribution is 5.45. The van der Waals surface area contributed by atoms with Crippen molar-refractivity contribution in [2.24, 2.45) is 0 Å². The van der Waals surface area contributed by atoms with Gasteiger partial charge in [-0.1, -0.05) is 0 Å². The molecule has 0 radical (unpaired) electrons. The Hall–Kier alpha value is -1.36. The largest absolute Gasteiger partial charge is 0.368 e. The Bertz CT molecular complexity index is 297. The summed E-state index contributed by atoms with van der Waals surface area (Å²) in [5.74, 6) is 0.330. The molecule has 1 aromatic rings. The minimum absolute atomic E-state index is 0.330. The zero-order chi connectivity index (χ0) is 9.97. The molecule has 3 N–H and O–H groups in total. The standard InChI is InChI=1S/C9H15N5/c1-7-4-11-2-3-14(7)8-5-12-9(10)13-6-8/h5-7,11H,2-4H2,1H3,(H2,10,12,13)/t7-/m0/s1. The summed E-state index contributed by atoms with van der Waals surface area (Å²) in [6.07, 6.45) is 3.56. The maximum Gasteiger partial charge on any atom is 0.220 e. The van der Waals surface area contributed by atoms with Crippen LogP contribution in [0, 0.1) is 0 Å². The summed E-state index contributed by atoms with van der Waals surface area (Å²) in [6.45, 7) is 5.19. The van der Waals surface area contributed by atoms with Gasteiger partial charge in [0.15, 0.2) is 0 Å². The second-order valence-corrected chi connectivity index (χ2v) is 3.55. The summed E-state index contributed by atoms with van der Waals surface area (Å²) in [6, 6.07) is 0.482. The van der Waals surface area contributed by atoms with Gasteiger partial charge in [0.1, 0.15) is 0 Å².